The van der Waals surface area contributed by atoms with Crippen LogP contribution >= 0.6 is 11.8 Å². The molecule has 3 unspecified atom stereocenters. The average molecular weight is 455 g/mol. The Hall–Kier alpha value is -2.62. The quantitative estimate of drug-likeness (QED) is 0.458. The van der Waals surface area contributed by atoms with Crippen LogP contribution in [-0.2, 0) is 4.79 Å². The lowest BCUT2D eigenvalue weighted by Crippen LogP contribution is -2.34. The van der Waals surface area contributed by atoms with E-state index in [4.69, 9.17) is 4.74 Å². The summed E-state index contributed by atoms with van der Waals surface area (Å²) in [7, 11) is 1.66. The Balaban J connectivity index is 1.49. The van der Waals surface area contributed by atoms with Gasteiger partial charge >= 0.3 is 0 Å². The Morgan fingerprint density at radius 1 is 1.22 bits per heavy atom. The zero-order chi connectivity index (χ0) is 22.5. The van der Waals surface area contributed by atoms with Gasteiger partial charge in [-0.3, -0.25) is 14.6 Å². The number of benzene rings is 1. The van der Waals surface area contributed by atoms with Crippen LogP contribution in [0.15, 0.2) is 48.7 Å². The van der Waals surface area contributed by atoms with E-state index in [1.54, 1.807) is 18.9 Å². The van der Waals surface area contributed by atoms with Gasteiger partial charge in [0, 0.05) is 24.6 Å². The molecule has 170 valence electrons. The maximum atomic E-state index is 13.2. The third-order valence-electron chi connectivity index (χ3n) is 6.03. The van der Waals surface area contributed by atoms with Gasteiger partial charge in [0.25, 0.3) is 0 Å². The minimum absolute atomic E-state index is 0.0182. The normalized spacial score (nSPS) is 21.5. The molecule has 1 fully saturated rings. The fourth-order valence-electron chi connectivity index (χ4n) is 4.23. The van der Waals surface area contributed by atoms with Crippen LogP contribution in [0.25, 0.3) is 5.65 Å². The molecule has 1 aromatic carbocycles. The van der Waals surface area contributed by atoms with E-state index in [-0.39, 0.29) is 30.0 Å². The number of rotatable bonds is 9. The molecule has 0 radical (unpaired) electrons. The predicted octanol–water partition coefficient (Wildman–Crippen LogP) is 2.89. The van der Waals surface area contributed by atoms with Crippen molar-refractivity contribution in [2.24, 2.45) is 5.92 Å². The first-order chi connectivity index (χ1) is 15.6. The zero-order valence-corrected chi connectivity index (χ0v) is 19.4. The molecule has 4 atom stereocenters. The van der Waals surface area contributed by atoms with Crippen molar-refractivity contribution in [2.45, 2.75) is 37.9 Å². The molecule has 4 rings (SSSR count). The molecule has 2 aromatic heterocycles. The number of carbonyl (C=O) groups excluding carboxylic acids is 1. The van der Waals surface area contributed by atoms with Gasteiger partial charge in [0.05, 0.1) is 19.2 Å². The van der Waals surface area contributed by atoms with Crippen LogP contribution < -0.4 is 20.9 Å². The van der Waals surface area contributed by atoms with Crippen LogP contribution in [0, 0.1) is 5.92 Å². The first-order valence-electron chi connectivity index (χ1n) is 10.8. The van der Waals surface area contributed by atoms with Gasteiger partial charge in [0.15, 0.2) is 11.5 Å². The second-order valence-electron chi connectivity index (χ2n) is 8.08. The highest BCUT2D eigenvalue weighted by molar-refractivity contribution is 7.98. The van der Waals surface area contributed by atoms with Crippen molar-refractivity contribution in [2.75, 3.05) is 19.1 Å². The Morgan fingerprint density at radius 3 is 2.78 bits per heavy atom. The van der Waals surface area contributed by atoms with Crippen molar-refractivity contribution in [3.05, 3.63) is 60.0 Å². The molecule has 3 aromatic rings. The number of hydrogen-bond acceptors (Lipinski definition) is 7. The van der Waals surface area contributed by atoms with E-state index < -0.39 is 0 Å². The van der Waals surface area contributed by atoms with Gasteiger partial charge in [-0.05, 0) is 55.2 Å². The van der Waals surface area contributed by atoms with Gasteiger partial charge in [0.2, 0.25) is 5.91 Å². The van der Waals surface area contributed by atoms with Crippen molar-refractivity contribution in [3.63, 3.8) is 0 Å². The van der Waals surface area contributed by atoms with Crippen molar-refractivity contribution >= 4 is 23.3 Å². The molecule has 8 nitrogen and oxygen atoms in total. The summed E-state index contributed by atoms with van der Waals surface area (Å²) in [6, 6.07) is 13.8. The van der Waals surface area contributed by atoms with E-state index in [1.807, 2.05) is 53.1 Å². The summed E-state index contributed by atoms with van der Waals surface area (Å²) in [5.74, 6) is 2.64. The van der Waals surface area contributed by atoms with E-state index in [2.05, 4.69) is 39.5 Å². The molecule has 0 aliphatic carbocycles. The van der Waals surface area contributed by atoms with Gasteiger partial charge < -0.3 is 10.1 Å². The summed E-state index contributed by atoms with van der Waals surface area (Å²) in [4.78, 5) is 13.2. The number of nitrogens with one attached hydrogen (secondary N) is 3. The molecule has 0 bridgehead atoms. The smallest absolute Gasteiger partial charge is 0.220 e. The molecule has 3 heterocycles. The monoisotopic (exact) mass is 454 g/mol. The standard InChI is InChI=1S/C23H30N6O2S/c1-15-18(22(27-25-15)16-7-9-17(31-2)10-8-16)14-21(30)24-19(11-13-32-3)23-28-26-20-6-4-5-12-29(20)23/h4-10,12,15,18-19,22,25,27H,11,13-14H2,1-3H3,(H,24,30)/t15?,18?,19-,22?/m0/s1. The highest BCUT2D eigenvalue weighted by Gasteiger charge is 2.36. The zero-order valence-electron chi connectivity index (χ0n) is 18.6. The number of carbonyl (C=O) groups is 1. The van der Waals surface area contributed by atoms with Crippen LogP contribution in [0.1, 0.15) is 43.2 Å². The third kappa shape index (κ3) is 4.90. The van der Waals surface area contributed by atoms with E-state index in [0.717, 1.165) is 35.0 Å². The third-order valence-corrected chi connectivity index (χ3v) is 6.67. The molecule has 0 saturated carbocycles. The number of methoxy groups -OCH3 is 1. The largest absolute Gasteiger partial charge is 0.497 e. The molecule has 1 aliphatic heterocycles. The van der Waals surface area contributed by atoms with E-state index >= 15 is 0 Å². The maximum Gasteiger partial charge on any atom is 0.220 e. The number of hydrazine groups is 1. The minimum Gasteiger partial charge on any atom is -0.497 e. The second kappa shape index (κ2) is 10.3. The van der Waals surface area contributed by atoms with Crippen LogP contribution in [0.3, 0.4) is 0 Å². The van der Waals surface area contributed by atoms with Crippen molar-refractivity contribution in [1.82, 2.24) is 30.8 Å². The Labute approximate surface area is 192 Å². The van der Waals surface area contributed by atoms with E-state index in [0.29, 0.717) is 6.42 Å². The molecule has 32 heavy (non-hydrogen) atoms. The molecule has 9 heteroatoms. The van der Waals surface area contributed by atoms with E-state index in [9.17, 15) is 4.79 Å². The number of aromatic nitrogens is 3. The number of thioether (sulfide) groups is 1. The second-order valence-corrected chi connectivity index (χ2v) is 9.07. The fraction of sp³-hybridized carbons (Fsp3) is 0.435. The lowest BCUT2D eigenvalue weighted by Gasteiger charge is -2.23. The summed E-state index contributed by atoms with van der Waals surface area (Å²) in [6.45, 7) is 2.10. The molecule has 1 saturated heterocycles. The summed E-state index contributed by atoms with van der Waals surface area (Å²) >= 11 is 1.75. The van der Waals surface area contributed by atoms with Gasteiger partial charge in [-0.1, -0.05) is 18.2 Å². The summed E-state index contributed by atoms with van der Waals surface area (Å²) in [5.41, 5.74) is 8.56. The number of fused-ring (bicyclic) bond motifs is 1. The maximum absolute atomic E-state index is 13.2. The molecule has 1 aliphatic rings. The number of pyridine rings is 1. The van der Waals surface area contributed by atoms with Crippen molar-refractivity contribution in [3.8, 4) is 5.75 Å². The number of hydrogen-bond donors (Lipinski definition) is 3. The van der Waals surface area contributed by atoms with Crippen LogP contribution in [0.5, 0.6) is 5.75 Å². The van der Waals surface area contributed by atoms with E-state index in [1.165, 1.54) is 0 Å². The Bertz CT molecular complexity index is 1040. The minimum atomic E-state index is -0.190. The van der Waals surface area contributed by atoms with Crippen LogP contribution in [0.4, 0.5) is 0 Å². The summed E-state index contributed by atoms with van der Waals surface area (Å²) in [6.07, 6.45) is 5.21. The fourth-order valence-corrected chi connectivity index (χ4v) is 4.70. The van der Waals surface area contributed by atoms with Crippen LogP contribution in [-0.4, -0.2) is 45.7 Å². The summed E-state index contributed by atoms with van der Waals surface area (Å²) in [5, 5.41) is 11.9. The highest BCUT2D eigenvalue weighted by Crippen LogP contribution is 2.32. The average Bonchev–Trinajstić information content (AvgIpc) is 3.40. The Kier molecular flexibility index (Phi) is 7.29. The highest BCUT2D eigenvalue weighted by atomic mass is 32.2. The first-order valence-corrected chi connectivity index (χ1v) is 12.2. The molecule has 3 N–H and O–H groups in total. The lowest BCUT2D eigenvalue weighted by atomic mass is 9.87. The number of amides is 1. The van der Waals surface area contributed by atoms with Crippen molar-refractivity contribution in [1.29, 1.82) is 0 Å². The van der Waals surface area contributed by atoms with Crippen molar-refractivity contribution < 1.29 is 9.53 Å². The van der Waals surface area contributed by atoms with Gasteiger partial charge in [0.1, 0.15) is 5.75 Å². The van der Waals surface area contributed by atoms with Gasteiger partial charge in [-0.25, -0.2) is 5.43 Å². The topological polar surface area (TPSA) is 92.6 Å². The molecule has 1 amide bonds. The number of ether oxygens (including phenoxy) is 1. The first kappa shape index (κ1) is 22.6. The number of nitrogens with zero attached hydrogens (tertiary/aromatic N) is 3. The summed E-state index contributed by atoms with van der Waals surface area (Å²) < 4.78 is 7.22. The SMILES string of the molecule is COc1ccc(C2NNC(C)C2CC(=O)N[C@@H](CCSC)c2nnc3ccccn23)cc1. The van der Waals surface area contributed by atoms with Gasteiger partial charge in [-0.2, -0.15) is 11.8 Å². The van der Waals surface area contributed by atoms with Crippen LogP contribution in [0.2, 0.25) is 0 Å². The molecular formula is C23H30N6O2S. The molecule has 0 spiro atoms. The lowest BCUT2D eigenvalue weighted by molar-refractivity contribution is -0.123. The van der Waals surface area contributed by atoms with Gasteiger partial charge in [-0.15, -0.1) is 10.2 Å². The molecular weight excluding hydrogens is 424 g/mol. The predicted molar refractivity (Wildman–Crippen MR) is 126 cm³/mol. The Morgan fingerprint density at radius 2 is 2.03 bits per heavy atom.